The SMILES string of the molecule is [NH]C(=O)c1ccc(OCCCCc2ccccc2)cc1. The molecular weight excluding hydrogens is 250 g/mol. The van der Waals surface area contributed by atoms with Crippen molar-refractivity contribution in [2.45, 2.75) is 19.3 Å². The van der Waals surface area contributed by atoms with Gasteiger partial charge in [0.15, 0.2) is 0 Å². The normalized spacial score (nSPS) is 10.2. The maximum absolute atomic E-state index is 10.8. The Morgan fingerprint density at radius 3 is 2.30 bits per heavy atom. The van der Waals surface area contributed by atoms with Gasteiger partial charge in [-0.1, -0.05) is 30.3 Å². The molecule has 0 aliphatic heterocycles. The van der Waals surface area contributed by atoms with E-state index in [2.05, 4.69) is 24.3 Å². The Labute approximate surface area is 119 Å². The van der Waals surface area contributed by atoms with Crippen molar-refractivity contribution in [3.63, 3.8) is 0 Å². The first-order chi connectivity index (χ1) is 9.75. The van der Waals surface area contributed by atoms with Crippen molar-refractivity contribution < 1.29 is 9.53 Å². The third-order valence-electron chi connectivity index (χ3n) is 3.09. The lowest BCUT2D eigenvalue weighted by atomic mass is 10.1. The van der Waals surface area contributed by atoms with E-state index in [4.69, 9.17) is 10.5 Å². The van der Waals surface area contributed by atoms with E-state index in [1.165, 1.54) is 5.56 Å². The predicted molar refractivity (Wildman–Crippen MR) is 78.7 cm³/mol. The Morgan fingerprint density at radius 1 is 0.950 bits per heavy atom. The van der Waals surface area contributed by atoms with Crippen LogP contribution >= 0.6 is 0 Å². The average molecular weight is 268 g/mol. The van der Waals surface area contributed by atoms with Crippen molar-refractivity contribution in [1.82, 2.24) is 5.73 Å². The van der Waals surface area contributed by atoms with Crippen molar-refractivity contribution >= 4 is 5.91 Å². The predicted octanol–water partition coefficient (Wildman–Crippen LogP) is 3.51. The molecule has 0 spiro atoms. The standard InChI is InChI=1S/C17H18NO2/c18-17(19)15-9-11-16(12-10-15)20-13-5-4-8-14-6-2-1-3-7-14/h1-3,6-7,9-12,18H,4-5,8,13H2. The highest BCUT2D eigenvalue weighted by molar-refractivity contribution is 5.92. The number of ether oxygens (including phenoxy) is 1. The summed E-state index contributed by atoms with van der Waals surface area (Å²) in [5.74, 6) is 0.0779. The van der Waals surface area contributed by atoms with Crippen LogP contribution in [0, 0.1) is 0 Å². The Morgan fingerprint density at radius 2 is 1.65 bits per heavy atom. The summed E-state index contributed by atoms with van der Waals surface area (Å²) in [7, 11) is 0. The molecule has 0 heterocycles. The zero-order valence-electron chi connectivity index (χ0n) is 11.3. The molecule has 0 bridgehead atoms. The molecule has 0 saturated heterocycles. The second-order valence-corrected chi connectivity index (χ2v) is 4.64. The molecule has 2 aromatic rings. The number of nitrogens with one attached hydrogen (secondary N) is 1. The molecule has 3 heteroatoms. The topological polar surface area (TPSA) is 50.1 Å². The van der Waals surface area contributed by atoms with Crippen LogP contribution in [0.1, 0.15) is 28.8 Å². The number of unbranched alkanes of at least 4 members (excludes halogenated alkanes) is 1. The molecule has 0 unspecified atom stereocenters. The van der Waals surface area contributed by atoms with Gasteiger partial charge in [0, 0.05) is 5.56 Å². The van der Waals surface area contributed by atoms with Crippen LogP contribution < -0.4 is 10.5 Å². The van der Waals surface area contributed by atoms with Gasteiger partial charge in [-0.2, -0.15) is 0 Å². The minimum absolute atomic E-state index is 0.390. The summed E-state index contributed by atoms with van der Waals surface area (Å²) in [6.07, 6.45) is 3.15. The molecule has 0 aliphatic carbocycles. The molecule has 103 valence electrons. The molecule has 0 aliphatic rings. The van der Waals surface area contributed by atoms with E-state index in [9.17, 15) is 4.79 Å². The quantitative estimate of drug-likeness (QED) is 0.721. The Hall–Kier alpha value is -2.29. The van der Waals surface area contributed by atoms with Gasteiger partial charge in [-0.3, -0.25) is 10.5 Å². The zero-order chi connectivity index (χ0) is 14.2. The molecule has 2 rings (SSSR count). The largest absolute Gasteiger partial charge is 0.494 e. The molecule has 0 aromatic heterocycles. The van der Waals surface area contributed by atoms with Crippen LogP contribution in [0.15, 0.2) is 54.6 Å². The van der Waals surface area contributed by atoms with Gasteiger partial charge in [-0.25, -0.2) is 0 Å². The highest BCUT2D eigenvalue weighted by Crippen LogP contribution is 2.13. The van der Waals surface area contributed by atoms with Gasteiger partial charge in [-0.05, 0) is 49.1 Å². The third kappa shape index (κ3) is 4.43. The summed E-state index contributed by atoms with van der Waals surface area (Å²) < 4.78 is 5.61. The van der Waals surface area contributed by atoms with Crippen LogP contribution in [-0.4, -0.2) is 12.5 Å². The van der Waals surface area contributed by atoms with E-state index in [0.29, 0.717) is 12.2 Å². The molecule has 1 N–H and O–H groups in total. The lowest BCUT2D eigenvalue weighted by Crippen LogP contribution is -2.00. The summed E-state index contributed by atoms with van der Waals surface area (Å²) in [5.41, 5.74) is 8.73. The zero-order valence-corrected chi connectivity index (χ0v) is 11.3. The summed E-state index contributed by atoms with van der Waals surface area (Å²) in [6, 6.07) is 17.1. The summed E-state index contributed by atoms with van der Waals surface area (Å²) in [4.78, 5) is 10.8. The molecule has 1 amide bonds. The molecule has 0 atom stereocenters. The fraction of sp³-hybridized carbons (Fsp3) is 0.235. The number of hydrogen-bond donors (Lipinski definition) is 0. The fourth-order valence-corrected chi connectivity index (χ4v) is 1.97. The van der Waals surface area contributed by atoms with Crippen LogP contribution in [0.25, 0.3) is 0 Å². The van der Waals surface area contributed by atoms with Gasteiger partial charge < -0.3 is 4.74 Å². The van der Waals surface area contributed by atoms with Gasteiger partial charge in [0.2, 0.25) is 0 Å². The summed E-state index contributed by atoms with van der Waals surface area (Å²) in [5, 5.41) is 0. The van der Waals surface area contributed by atoms with Crippen molar-refractivity contribution in [2.75, 3.05) is 6.61 Å². The molecule has 3 nitrogen and oxygen atoms in total. The van der Waals surface area contributed by atoms with Crippen LogP contribution in [0.2, 0.25) is 0 Å². The Balaban J connectivity index is 1.67. The lowest BCUT2D eigenvalue weighted by Gasteiger charge is -2.06. The molecule has 0 saturated carbocycles. The first-order valence-corrected chi connectivity index (χ1v) is 6.78. The number of hydrogen-bond acceptors (Lipinski definition) is 2. The molecule has 20 heavy (non-hydrogen) atoms. The Bertz CT molecular complexity index is 535. The van der Waals surface area contributed by atoms with Crippen LogP contribution in [-0.2, 0) is 6.42 Å². The van der Waals surface area contributed by atoms with Gasteiger partial charge in [0.1, 0.15) is 5.75 Å². The lowest BCUT2D eigenvalue weighted by molar-refractivity contribution is 0.0992. The first-order valence-electron chi connectivity index (χ1n) is 6.78. The maximum Gasteiger partial charge on any atom is 0.269 e. The van der Waals surface area contributed by atoms with Crippen molar-refractivity contribution in [2.24, 2.45) is 0 Å². The number of rotatable bonds is 7. The van der Waals surface area contributed by atoms with Crippen LogP contribution in [0.4, 0.5) is 0 Å². The van der Waals surface area contributed by atoms with E-state index in [1.807, 2.05) is 6.07 Å². The number of amides is 1. The highest BCUT2D eigenvalue weighted by Gasteiger charge is 2.01. The second-order valence-electron chi connectivity index (χ2n) is 4.64. The number of carbonyl (C=O) groups excluding carboxylic acids is 1. The van der Waals surface area contributed by atoms with Crippen molar-refractivity contribution in [3.05, 3.63) is 65.7 Å². The van der Waals surface area contributed by atoms with Gasteiger partial charge >= 0.3 is 0 Å². The summed E-state index contributed by atoms with van der Waals surface area (Å²) >= 11 is 0. The van der Waals surface area contributed by atoms with Crippen LogP contribution in [0.5, 0.6) is 5.75 Å². The highest BCUT2D eigenvalue weighted by atomic mass is 16.5. The van der Waals surface area contributed by atoms with E-state index in [-0.39, 0.29) is 0 Å². The molecule has 0 fully saturated rings. The van der Waals surface area contributed by atoms with E-state index >= 15 is 0 Å². The van der Waals surface area contributed by atoms with Crippen molar-refractivity contribution in [1.29, 1.82) is 0 Å². The molecule has 2 aromatic carbocycles. The van der Waals surface area contributed by atoms with Gasteiger partial charge in [-0.15, -0.1) is 0 Å². The second kappa shape index (κ2) is 7.34. The van der Waals surface area contributed by atoms with E-state index in [1.54, 1.807) is 24.3 Å². The third-order valence-corrected chi connectivity index (χ3v) is 3.09. The summed E-state index contributed by atoms with van der Waals surface area (Å²) in [6.45, 7) is 0.668. The minimum atomic E-state index is -0.667. The van der Waals surface area contributed by atoms with Gasteiger partial charge in [0.25, 0.3) is 5.91 Å². The molecule has 1 radical (unpaired) electrons. The minimum Gasteiger partial charge on any atom is -0.494 e. The number of aryl methyl sites for hydroxylation is 1. The Kier molecular flexibility index (Phi) is 5.18. The monoisotopic (exact) mass is 268 g/mol. The first kappa shape index (κ1) is 14.1. The smallest absolute Gasteiger partial charge is 0.269 e. The maximum atomic E-state index is 10.8. The van der Waals surface area contributed by atoms with Crippen LogP contribution in [0.3, 0.4) is 0 Å². The number of benzene rings is 2. The van der Waals surface area contributed by atoms with Gasteiger partial charge in [0.05, 0.1) is 6.61 Å². The van der Waals surface area contributed by atoms with Crippen molar-refractivity contribution in [3.8, 4) is 5.75 Å². The number of carbonyl (C=O) groups is 1. The fourth-order valence-electron chi connectivity index (χ4n) is 1.97. The molecular formula is C17H18NO2. The van der Waals surface area contributed by atoms with E-state index < -0.39 is 5.91 Å². The van der Waals surface area contributed by atoms with E-state index in [0.717, 1.165) is 25.0 Å². The average Bonchev–Trinajstić information content (AvgIpc) is 2.48.